The number of fused-ring (bicyclic) bond motifs is 1. The van der Waals surface area contributed by atoms with E-state index in [1.807, 2.05) is 18.2 Å². The van der Waals surface area contributed by atoms with Crippen molar-refractivity contribution in [3.63, 3.8) is 0 Å². The molecule has 2 aromatic rings. The van der Waals surface area contributed by atoms with Gasteiger partial charge in [0, 0.05) is 0 Å². The first-order chi connectivity index (χ1) is 11.6. The summed E-state index contributed by atoms with van der Waals surface area (Å²) in [4.78, 5) is 24.1. The number of ether oxygens (including phenoxy) is 1. The van der Waals surface area contributed by atoms with Gasteiger partial charge in [-0.3, -0.25) is 4.79 Å². The second kappa shape index (κ2) is 7.49. The Morgan fingerprint density at radius 2 is 1.88 bits per heavy atom. The van der Waals surface area contributed by atoms with Gasteiger partial charge in [0.2, 0.25) is 0 Å². The van der Waals surface area contributed by atoms with Crippen LogP contribution in [-0.4, -0.2) is 18.5 Å². The molecule has 3 rings (SSSR count). The van der Waals surface area contributed by atoms with E-state index >= 15 is 0 Å². The third kappa shape index (κ3) is 3.77. The molecule has 5 heteroatoms. The predicted molar refractivity (Wildman–Crippen MR) is 92.0 cm³/mol. The molecule has 0 heterocycles. The van der Waals surface area contributed by atoms with Crippen molar-refractivity contribution >= 4 is 23.5 Å². The number of benzene rings is 2. The number of aryl methyl sites for hydroxylation is 1. The number of rotatable bonds is 4. The van der Waals surface area contributed by atoms with Crippen molar-refractivity contribution in [3.05, 3.63) is 70.2 Å². The third-order valence-electron chi connectivity index (χ3n) is 4.13. The molecular formula is C19H18ClNO3. The fraction of sp³-hybridized carbons (Fsp3) is 0.263. The number of amides is 1. The molecule has 1 N–H and O–H groups in total. The summed E-state index contributed by atoms with van der Waals surface area (Å²) in [5.41, 5.74) is 2.67. The molecule has 0 unspecified atom stereocenters. The van der Waals surface area contributed by atoms with Crippen molar-refractivity contribution < 1.29 is 14.3 Å². The Morgan fingerprint density at radius 1 is 1.12 bits per heavy atom. The molecule has 1 aliphatic rings. The highest BCUT2D eigenvalue weighted by Gasteiger charge is 2.22. The van der Waals surface area contributed by atoms with Gasteiger partial charge < -0.3 is 10.1 Å². The van der Waals surface area contributed by atoms with Crippen molar-refractivity contribution in [2.24, 2.45) is 0 Å². The summed E-state index contributed by atoms with van der Waals surface area (Å²) in [5, 5.41) is 3.26. The molecule has 2 aromatic carbocycles. The van der Waals surface area contributed by atoms with Crippen LogP contribution in [0.5, 0.6) is 0 Å². The molecule has 0 saturated heterocycles. The van der Waals surface area contributed by atoms with Gasteiger partial charge >= 0.3 is 5.97 Å². The summed E-state index contributed by atoms with van der Waals surface area (Å²) in [5.74, 6) is -0.906. The number of hydrogen-bond acceptors (Lipinski definition) is 3. The van der Waals surface area contributed by atoms with Crippen molar-refractivity contribution in [2.45, 2.75) is 25.3 Å². The van der Waals surface area contributed by atoms with Crippen LogP contribution in [0.4, 0.5) is 0 Å². The fourth-order valence-corrected chi connectivity index (χ4v) is 3.19. The summed E-state index contributed by atoms with van der Waals surface area (Å²) >= 11 is 5.94. The van der Waals surface area contributed by atoms with E-state index in [0.717, 1.165) is 24.8 Å². The van der Waals surface area contributed by atoms with Gasteiger partial charge in [0.15, 0.2) is 6.61 Å². The van der Waals surface area contributed by atoms with Gasteiger partial charge in [-0.05, 0) is 42.5 Å². The van der Waals surface area contributed by atoms with Gasteiger partial charge in [0.1, 0.15) is 0 Å². The molecule has 1 atom stereocenters. The first kappa shape index (κ1) is 16.5. The molecule has 0 aliphatic heterocycles. The third-order valence-corrected chi connectivity index (χ3v) is 4.46. The van der Waals surface area contributed by atoms with Crippen LogP contribution in [0, 0.1) is 0 Å². The zero-order valence-corrected chi connectivity index (χ0v) is 13.9. The Bertz CT molecular complexity index is 760. The Labute approximate surface area is 145 Å². The zero-order chi connectivity index (χ0) is 16.9. The van der Waals surface area contributed by atoms with Crippen molar-refractivity contribution in [1.29, 1.82) is 0 Å². The van der Waals surface area contributed by atoms with Crippen LogP contribution in [0.2, 0.25) is 5.02 Å². The molecule has 0 spiro atoms. The maximum absolute atomic E-state index is 12.1. The summed E-state index contributed by atoms with van der Waals surface area (Å²) < 4.78 is 5.06. The number of hydrogen-bond donors (Lipinski definition) is 1. The average Bonchev–Trinajstić information content (AvgIpc) is 2.60. The van der Waals surface area contributed by atoms with E-state index in [-0.39, 0.29) is 24.1 Å². The van der Waals surface area contributed by atoms with Crippen molar-refractivity contribution in [2.75, 3.05) is 6.61 Å². The largest absolute Gasteiger partial charge is 0.452 e. The van der Waals surface area contributed by atoms with Crippen LogP contribution in [0.25, 0.3) is 0 Å². The van der Waals surface area contributed by atoms with Gasteiger partial charge in [-0.1, -0.05) is 48.0 Å². The number of carbonyl (C=O) groups excluding carboxylic acids is 2. The molecule has 4 nitrogen and oxygen atoms in total. The Hall–Kier alpha value is -2.33. The van der Waals surface area contributed by atoms with E-state index in [0.29, 0.717) is 5.02 Å². The number of halogens is 1. The van der Waals surface area contributed by atoms with E-state index in [2.05, 4.69) is 11.4 Å². The lowest BCUT2D eigenvalue weighted by atomic mass is 9.88. The lowest BCUT2D eigenvalue weighted by molar-refractivity contribution is -0.125. The second-order valence-corrected chi connectivity index (χ2v) is 6.17. The molecule has 0 fully saturated rings. The average molecular weight is 344 g/mol. The molecular weight excluding hydrogens is 326 g/mol. The van der Waals surface area contributed by atoms with Gasteiger partial charge in [0.25, 0.3) is 5.91 Å². The smallest absolute Gasteiger partial charge is 0.340 e. The molecule has 124 valence electrons. The van der Waals surface area contributed by atoms with Gasteiger partial charge in [-0.15, -0.1) is 0 Å². The second-order valence-electron chi connectivity index (χ2n) is 5.77. The highest BCUT2D eigenvalue weighted by atomic mass is 35.5. The summed E-state index contributed by atoms with van der Waals surface area (Å²) in [6.45, 7) is -0.317. The summed E-state index contributed by atoms with van der Waals surface area (Å²) in [6, 6.07) is 14.7. The van der Waals surface area contributed by atoms with Crippen molar-refractivity contribution in [3.8, 4) is 0 Å². The maximum Gasteiger partial charge on any atom is 0.340 e. The van der Waals surface area contributed by atoms with E-state index < -0.39 is 5.97 Å². The number of carbonyl (C=O) groups is 2. The van der Waals surface area contributed by atoms with Crippen LogP contribution in [0.15, 0.2) is 48.5 Å². The minimum atomic E-state index is -0.597. The molecule has 24 heavy (non-hydrogen) atoms. The Morgan fingerprint density at radius 3 is 2.71 bits per heavy atom. The molecule has 0 bridgehead atoms. The van der Waals surface area contributed by atoms with E-state index in [1.54, 1.807) is 24.3 Å². The van der Waals surface area contributed by atoms with Gasteiger partial charge in [-0.25, -0.2) is 4.79 Å². The molecule has 0 radical (unpaired) electrons. The minimum Gasteiger partial charge on any atom is -0.452 e. The lowest BCUT2D eigenvalue weighted by Gasteiger charge is -2.26. The van der Waals surface area contributed by atoms with Crippen LogP contribution in [-0.2, 0) is 16.0 Å². The lowest BCUT2D eigenvalue weighted by Crippen LogP contribution is -2.34. The Balaban J connectivity index is 1.57. The highest BCUT2D eigenvalue weighted by Crippen LogP contribution is 2.29. The van der Waals surface area contributed by atoms with Gasteiger partial charge in [0.05, 0.1) is 16.6 Å². The summed E-state index contributed by atoms with van der Waals surface area (Å²) in [6.07, 6.45) is 2.95. The highest BCUT2D eigenvalue weighted by molar-refractivity contribution is 6.33. The molecule has 0 saturated carbocycles. The van der Waals surface area contributed by atoms with E-state index in [9.17, 15) is 9.59 Å². The first-order valence-electron chi connectivity index (χ1n) is 7.94. The van der Waals surface area contributed by atoms with Crippen LogP contribution in [0.1, 0.15) is 40.4 Å². The zero-order valence-electron chi connectivity index (χ0n) is 13.1. The SMILES string of the molecule is O=C(COC(=O)c1ccccc1Cl)N[C@@H]1CCCc2ccccc21. The van der Waals surface area contributed by atoms with Crippen LogP contribution < -0.4 is 5.32 Å². The Kier molecular flexibility index (Phi) is 5.16. The maximum atomic E-state index is 12.1. The topological polar surface area (TPSA) is 55.4 Å². The molecule has 1 amide bonds. The van der Waals surface area contributed by atoms with Crippen LogP contribution in [0.3, 0.4) is 0 Å². The summed E-state index contributed by atoms with van der Waals surface area (Å²) in [7, 11) is 0. The first-order valence-corrected chi connectivity index (χ1v) is 8.32. The minimum absolute atomic E-state index is 0.0264. The fourth-order valence-electron chi connectivity index (χ4n) is 2.98. The molecule has 1 aliphatic carbocycles. The van der Waals surface area contributed by atoms with E-state index in [4.69, 9.17) is 16.3 Å². The molecule has 0 aromatic heterocycles. The van der Waals surface area contributed by atoms with E-state index in [1.165, 1.54) is 5.56 Å². The normalized spacial score (nSPS) is 16.1. The number of esters is 1. The van der Waals surface area contributed by atoms with Gasteiger partial charge in [-0.2, -0.15) is 0 Å². The van der Waals surface area contributed by atoms with Crippen LogP contribution >= 0.6 is 11.6 Å². The quantitative estimate of drug-likeness (QED) is 0.861. The monoisotopic (exact) mass is 343 g/mol. The number of nitrogens with one attached hydrogen (secondary N) is 1. The predicted octanol–water partition coefficient (Wildman–Crippen LogP) is 3.69. The standard InChI is InChI=1S/C19H18ClNO3/c20-16-10-4-3-9-15(16)19(23)24-12-18(22)21-17-11-5-7-13-6-1-2-8-14(13)17/h1-4,6,8-10,17H,5,7,11-12H2,(H,21,22)/t17-/m1/s1. The van der Waals surface area contributed by atoms with Crippen molar-refractivity contribution in [1.82, 2.24) is 5.32 Å².